The second kappa shape index (κ2) is 8.08. The molecule has 0 spiro atoms. The van der Waals surface area contributed by atoms with E-state index in [-0.39, 0.29) is 16.9 Å². The van der Waals surface area contributed by atoms with Gasteiger partial charge in [-0.05, 0) is 44.0 Å². The lowest BCUT2D eigenvalue weighted by atomic mass is 9.90. The molecule has 2 aromatic carbocycles. The number of piperidine rings is 1. The average Bonchev–Trinajstić information content (AvgIpc) is 2.68. The number of anilines is 2. The number of likely N-dealkylation sites (tertiary alicyclic amines) is 1. The first kappa shape index (κ1) is 19.3. The van der Waals surface area contributed by atoms with Gasteiger partial charge in [-0.25, -0.2) is 0 Å². The number of hydrogen-bond acceptors (Lipinski definition) is 5. The molecule has 1 fully saturated rings. The smallest absolute Gasteiger partial charge is 0.308 e. The zero-order valence-electron chi connectivity index (χ0n) is 15.4. The number of amides is 1. The predicted octanol–water partition coefficient (Wildman–Crippen LogP) is 3.66. The maximum Gasteiger partial charge on any atom is 0.308 e. The van der Waals surface area contributed by atoms with Crippen molar-refractivity contribution >= 4 is 28.9 Å². The van der Waals surface area contributed by atoms with Crippen LogP contribution in [0.15, 0.2) is 48.5 Å². The van der Waals surface area contributed by atoms with E-state index in [1.165, 1.54) is 23.1 Å². The maximum atomic E-state index is 12.9. The first-order valence-electron chi connectivity index (χ1n) is 9.02. The Morgan fingerprint density at radius 1 is 1.21 bits per heavy atom. The summed E-state index contributed by atoms with van der Waals surface area (Å²) in [6.07, 6.45) is 1.10. The molecule has 0 bridgehead atoms. The SMILES string of the molecule is C[C@@H]1[C@H](C(=O)O)CCCN1C(=O)c1ccc(Nc2ccccc2)c([N+](=O)[O-])c1. The van der Waals surface area contributed by atoms with Gasteiger partial charge >= 0.3 is 5.97 Å². The number of nitro groups is 1. The molecule has 0 saturated carbocycles. The lowest BCUT2D eigenvalue weighted by Crippen LogP contribution is -2.49. The summed E-state index contributed by atoms with van der Waals surface area (Å²) in [6, 6.07) is 12.8. The summed E-state index contributed by atoms with van der Waals surface area (Å²) in [7, 11) is 0. The summed E-state index contributed by atoms with van der Waals surface area (Å²) >= 11 is 0. The summed E-state index contributed by atoms with van der Waals surface area (Å²) in [5.41, 5.74) is 0.929. The largest absolute Gasteiger partial charge is 0.481 e. The van der Waals surface area contributed by atoms with Crippen LogP contribution in [0.1, 0.15) is 30.1 Å². The number of carbonyl (C=O) groups is 2. The van der Waals surface area contributed by atoms with Gasteiger partial charge in [0.15, 0.2) is 0 Å². The van der Waals surface area contributed by atoms with Gasteiger partial charge in [0.05, 0.1) is 10.8 Å². The second-order valence-electron chi connectivity index (χ2n) is 6.81. The van der Waals surface area contributed by atoms with Gasteiger partial charge in [0, 0.05) is 29.9 Å². The molecule has 3 rings (SSSR count). The van der Waals surface area contributed by atoms with Crippen molar-refractivity contribution in [1.82, 2.24) is 4.90 Å². The Balaban J connectivity index is 1.88. The van der Waals surface area contributed by atoms with Crippen LogP contribution in [0, 0.1) is 16.0 Å². The highest BCUT2D eigenvalue weighted by molar-refractivity contribution is 5.96. The molecule has 2 N–H and O–H groups in total. The maximum absolute atomic E-state index is 12.9. The molecule has 2 atom stereocenters. The van der Waals surface area contributed by atoms with E-state index in [1.807, 2.05) is 18.2 Å². The van der Waals surface area contributed by atoms with Crippen LogP contribution in [0.5, 0.6) is 0 Å². The quantitative estimate of drug-likeness (QED) is 0.602. The van der Waals surface area contributed by atoms with Crippen molar-refractivity contribution in [2.24, 2.45) is 5.92 Å². The first-order chi connectivity index (χ1) is 13.4. The van der Waals surface area contributed by atoms with Crippen molar-refractivity contribution in [2.75, 3.05) is 11.9 Å². The standard InChI is InChI=1S/C20H21N3O5/c1-13-16(20(25)26)8-5-11-22(13)19(24)14-9-10-17(18(12-14)23(27)28)21-15-6-3-2-4-7-15/h2-4,6-7,9-10,12-13,16,21H,5,8,11H2,1H3,(H,25,26)/t13-,16-/m1/s1. The second-order valence-corrected chi connectivity index (χ2v) is 6.81. The van der Waals surface area contributed by atoms with E-state index in [0.717, 1.165) is 0 Å². The van der Waals surface area contributed by atoms with E-state index in [2.05, 4.69) is 5.32 Å². The van der Waals surface area contributed by atoms with Crippen LogP contribution in [-0.2, 0) is 4.79 Å². The summed E-state index contributed by atoms with van der Waals surface area (Å²) in [6.45, 7) is 2.14. The number of carbonyl (C=O) groups excluding carboxylic acids is 1. The summed E-state index contributed by atoms with van der Waals surface area (Å²) in [4.78, 5) is 36.8. The molecule has 0 unspecified atom stereocenters. The Morgan fingerprint density at radius 3 is 2.57 bits per heavy atom. The number of rotatable bonds is 5. The minimum absolute atomic E-state index is 0.170. The molecule has 1 aliphatic rings. The number of aliphatic carboxylic acids is 1. The third-order valence-electron chi connectivity index (χ3n) is 5.06. The van der Waals surface area contributed by atoms with Crippen LogP contribution < -0.4 is 5.32 Å². The molecule has 8 heteroatoms. The third-order valence-corrected chi connectivity index (χ3v) is 5.06. The molecule has 146 valence electrons. The van der Waals surface area contributed by atoms with E-state index in [4.69, 9.17) is 0 Å². The van der Waals surface area contributed by atoms with Crippen molar-refractivity contribution < 1.29 is 19.6 Å². The van der Waals surface area contributed by atoms with Crippen LogP contribution in [0.4, 0.5) is 17.1 Å². The number of carboxylic acids is 1. The Morgan fingerprint density at radius 2 is 1.93 bits per heavy atom. The fraction of sp³-hybridized carbons (Fsp3) is 0.300. The van der Waals surface area contributed by atoms with Crippen LogP contribution in [0.3, 0.4) is 0 Å². The number of hydrogen-bond donors (Lipinski definition) is 2. The number of nitrogens with zero attached hydrogens (tertiary/aromatic N) is 2. The molecule has 0 aliphatic carbocycles. The summed E-state index contributed by atoms with van der Waals surface area (Å²) < 4.78 is 0. The monoisotopic (exact) mass is 383 g/mol. The normalized spacial score (nSPS) is 19.1. The molecule has 1 amide bonds. The number of nitrogens with one attached hydrogen (secondary N) is 1. The van der Waals surface area contributed by atoms with Crippen LogP contribution >= 0.6 is 0 Å². The lowest BCUT2D eigenvalue weighted by Gasteiger charge is -2.37. The minimum atomic E-state index is -0.932. The average molecular weight is 383 g/mol. The van der Waals surface area contributed by atoms with E-state index >= 15 is 0 Å². The molecule has 28 heavy (non-hydrogen) atoms. The molecule has 0 aromatic heterocycles. The molecular formula is C20H21N3O5. The van der Waals surface area contributed by atoms with Gasteiger partial charge in [0.2, 0.25) is 0 Å². The zero-order chi connectivity index (χ0) is 20.3. The number of carboxylic acid groups (broad SMARTS) is 1. The highest BCUT2D eigenvalue weighted by Gasteiger charge is 2.36. The lowest BCUT2D eigenvalue weighted by molar-refractivity contribution is -0.383. The van der Waals surface area contributed by atoms with Crippen LogP contribution in [0.25, 0.3) is 0 Å². The van der Waals surface area contributed by atoms with Crippen LogP contribution in [0.2, 0.25) is 0 Å². The van der Waals surface area contributed by atoms with Crippen molar-refractivity contribution in [3.8, 4) is 0 Å². The Kier molecular flexibility index (Phi) is 5.58. The molecular weight excluding hydrogens is 362 g/mol. The zero-order valence-corrected chi connectivity index (χ0v) is 15.4. The third kappa shape index (κ3) is 3.95. The first-order valence-corrected chi connectivity index (χ1v) is 9.02. The molecule has 2 aromatic rings. The molecule has 1 saturated heterocycles. The fourth-order valence-electron chi connectivity index (χ4n) is 3.52. The number of benzene rings is 2. The molecule has 1 aliphatic heterocycles. The van der Waals surface area contributed by atoms with Gasteiger partial charge in [0.1, 0.15) is 5.69 Å². The van der Waals surface area contributed by atoms with Gasteiger partial charge in [-0.1, -0.05) is 18.2 Å². The van der Waals surface area contributed by atoms with Gasteiger partial charge in [-0.2, -0.15) is 0 Å². The van der Waals surface area contributed by atoms with Crippen molar-refractivity contribution in [3.63, 3.8) is 0 Å². The van der Waals surface area contributed by atoms with Crippen molar-refractivity contribution in [2.45, 2.75) is 25.8 Å². The molecule has 1 heterocycles. The van der Waals surface area contributed by atoms with E-state index in [0.29, 0.717) is 25.1 Å². The van der Waals surface area contributed by atoms with E-state index in [9.17, 15) is 24.8 Å². The van der Waals surface area contributed by atoms with Crippen LogP contribution in [-0.4, -0.2) is 39.4 Å². The van der Waals surface area contributed by atoms with Crippen molar-refractivity contribution in [1.29, 1.82) is 0 Å². The molecule has 0 radical (unpaired) electrons. The minimum Gasteiger partial charge on any atom is -0.481 e. The summed E-state index contributed by atoms with van der Waals surface area (Å²) in [5.74, 6) is -1.96. The van der Waals surface area contributed by atoms with E-state index < -0.39 is 28.8 Å². The number of para-hydroxylation sites is 1. The fourth-order valence-corrected chi connectivity index (χ4v) is 3.52. The molecule has 8 nitrogen and oxygen atoms in total. The number of nitro benzene ring substituents is 1. The predicted molar refractivity (Wildman–Crippen MR) is 104 cm³/mol. The van der Waals surface area contributed by atoms with Gasteiger partial charge in [0.25, 0.3) is 11.6 Å². The Labute approximate surface area is 161 Å². The summed E-state index contributed by atoms with van der Waals surface area (Å²) in [5, 5.41) is 23.9. The van der Waals surface area contributed by atoms with E-state index in [1.54, 1.807) is 19.1 Å². The van der Waals surface area contributed by atoms with Gasteiger partial charge in [-0.15, -0.1) is 0 Å². The van der Waals surface area contributed by atoms with Gasteiger partial charge in [-0.3, -0.25) is 19.7 Å². The highest BCUT2D eigenvalue weighted by Crippen LogP contribution is 2.31. The Bertz CT molecular complexity index is 900. The van der Waals surface area contributed by atoms with Gasteiger partial charge < -0.3 is 15.3 Å². The highest BCUT2D eigenvalue weighted by atomic mass is 16.6. The Hall–Kier alpha value is -3.42. The topological polar surface area (TPSA) is 113 Å². The van der Waals surface area contributed by atoms with Crippen molar-refractivity contribution in [3.05, 3.63) is 64.2 Å².